The second-order valence-electron chi connectivity index (χ2n) is 5.18. The van der Waals surface area contributed by atoms with Gasteiger partial charge in [-0.3, -0.25) is 0 Å². The lowest BCUT2D eigenvalue weighted by atomic mass is 10.2. The minimum Gasteiger partial charge on any atom is -0.490 e. The van der Waals surface area contributed by atoms with Crippen molar-refractivity contribution in [3.8, 4) is 5.75 Å². The van der Waals surface area contributed by atoms with Gasteiger partial charge < -0.3 is 20.5 Å². The first-order chi connectivity index (χ1) is 10.5. The van der Waals surface area contributed by atoms with Gasteiger partial charge in [-0.05, 0) is 38.2 Å². The molecule has 0 fully saturated rings. The molecule has 3 N–H and O–H groups in total. The number of ether oxygens (including phenoxy) is 1. The summed E-state index contributed by atoms with van der Waals surface area (Å²) in [5, 5.41) is 10.1. The highest BCUT2D eigenvalue weighted by Gasteiger charge is 2.19. The number of anilines is 1. The zero-order valence-electron chi connectivity index (χ0n) is 13.3. The van der Waals surface area contributed by atoms with E-state index in [1.54, 1.807) is 25.1 Å². The van der Waals surface area contributed by atoms with Gasteiger partial charge in [-0.2, -0.15) is 0 Å². The average Bonchev–Trinajstić information content (AvgIpc) is 2.75. The first-order valence-corrected chi connectivity index (χ1v) is 7.48. The van der Waals surface area contributed by atoms with Crippen molar-refractivity contribution in [2.45, 2.75) is 20.8 Å². The van der Waals surface area contributed by atoms with Crippen LogP contribution in [0.1, 0.15) is 19.5 Å². The van der Waals surface area contributed by atoms with Crippen molar-refractivity contribution < 1.29 is 14.6 Å². The number of rotatable bonds is 6. The molecular weight excluding hydrogens is 282 g/mol. The zero-order valence-corrected chi connectivity index (χ0v) is 13.3. The number of carbonyl (C=O) groups is 1. The van der Waals surface area contributed by atoms with Crippen LogP contribution in [0.5, 0.6) is 5.75 Å². The topological polar surface area (TPSA) is 80.7 Å². The Hall–Kier alpha value is -2.21. The monoisotopic (exact) mass is 305 g/mol. The first kappa shape index (κ1) is 16.2. The predicted molar refractivity (Wildman–Crippen MR) is 87.8 cm³/mol. The smallest absolute Gasteiger partial charge is 0.416 e. The maximum Gasteiger partial charge on any atom is 0.416 e. The van der Waals surface area contributed by atoms with E-state index >= 15 is 0 Å². The molecule has 0 aliphatic carbocycles. The molecule has 0 radical (unpaired) electrons. The van der Waals surface area contributed by atoms with Gasteiger partial charge in [0.1, 0.15) is 12.4 Å². The van der Waals surface area contributed by atoms with Gasteiger partial charge in [0.2, 0.25) is 0 Å². The van der Waals surface area contributed by atoms with E-state index in [0.29, 0.717) is 29.3 Å². The third kappa shape index (κ3) is 3.01. The third-order valence-electron chi connectivity index (χ3n) is 3.91. The Morgan fingerprint density at radius 1 is 1.36 bits per heavy atom. The highest BCUT2D eigenvalue weighted by atomic mass is 16.5. The molecule has 6 heteroatoms. The summed E-state index contributed by atoms with van der Waals surface area (Å²) in [6.07, 6.45) is -1.02. The molecule has 2 rings (SSSR count). The van der Waals surface area contributed by atoms with Crippen LogP contribution >= 0.6 is 0 Å². The third-order valence-corrected chi connectivity index (χ3v) is 3.91. The lowest BCUT2D eigenvalue weighted by Gasteiger charge is -2.18. The number of fused-ring (bicyclic) bond motifs is 1. The molecule has 0 aliphatic heterocycles. The molecule has 0 spiro atoms. The molecule has 0 amide bonds. The minimum atomic E-state index is -1.02. The number of nitrogens with two attached hydrogens (primary N) is 1. The van der Waals surface area contributed by atoms with E-state index in [9.17, 15) is 9.90 Å². The fourth-order valence-corrected chi connectivity index (χ4v) is 2.65. The van der Waals surface area contributed by atoms with Crippen LogP contribution in [0.15, 0.2) is 18.2 Å². The van der Waals surface area contributed by atoms with Crippen molar-refractivity contribution in [1.82, 2.24) is 9.47 Å². The second-order valence-corrected chi connectivity index (χ2v) is 5.18. The van der Waals surface area contributed by atoms with Crippen LogP contribution in [-0.4, -0.2) is 46.9 Å². The summed E-state index contributed by atoms with van der Waals surface area (Å²) in [6.45, 7) is 9.18. The fraction of sp³-hybridized carbons (Fsp3) is 0.438. The number of likely N-dealkylation sites (N-methyl/N-ethyl adjacent to an activating group) is 1. The molecule has 0 unspecified atom stereocenters. The molecular formula is C16H23N3O3. The Morgan fingerprint density at radius 2 is 2.05 bits per heavy atom. The molecule has 2 aromatic rings. The molecule has 0 saturated heterocycles. The van der Waals surface area contributed by atoms with Crippen LogP contribution in [0.3, 0.4) is 0 Å². The van der Waals surface area contributed by atoms with Gasteiger partial charge in [0.25, 0.3) is 0 Å². The molecule has 0 bridgehead atoms. The van der Waals surface area contributed by atoms with E-state index in [2.05, 4.69) is 18.7 Å². The normalized spacial score (nSPS) is 11.3. The van der Waals surface area contributed by atoms with Gasteiger partial charge in [0.05, 0.1) is 11.2 Å². The highest BCUT2D eigenvalue weighted by Crippen LogP contribution is 2.34. The summed E-state index contributed by atoms with van der Waals surface area (Å²) < 4.78 is 7.13. The Balaban J connectivity index is 2.34. The number of hydrogen-bond acceptors (Lipinski definition) is 4. The van der Waals surface area contributed by atoms with Gasteiger partial charge in [0.15, 0.2) is 0 Å². The number of benzene rings is 1. The number of nitrogens with zero attached hydrogens (tertiary/aromatic N) is 2. The van der Waals surface area contributed by atoms with Gasteiger partial charge in [-0.25, -0.2) is 9.36 Å². The van der Waals surface area contributed by atoms with Crippen LogP contribution in [0, 0.1) is 6.92 Å². The standard InChI is InChI=1S/C16H23N3O3/c1-4-18(5-2)8-9-22-15-11(3)19(16(20)21)14-7-6-12(17)10-13(14)15/h6-7,10H,4-5,8-9,17H2,1-3H3,(H,20,21). The van der Waals surface area contributed by atoms with Crippen molar-refractivity contribution in [3.63, 3.8) is 0 Å². The summed E-state index contributed by atoms with van der Waals surface area (Å²) in [4.78, 5) is 13.7. The van der Waals surface area contributed by atoms with Gasteiger partial charge >= 0.3 is 6.09 Å². The SMILES string of the molecule is CCN(CC)CCOc1c(C)n(C(=O)O)c2ccc(N)cc12. The quantitative estimate of drug-likeness (QED) is 0.802. The zero-order chi connectivity index (χ0) is 16.3. The van der Waals surface area contributed by atoms with Gasteiger partial charge in [0, 0.05) is 17.6 Å². The molecule has 1 heterocycles. The molecule has 22 heavy (non-hydrogen) atoms. The summed E-state index contributed by atoms with van der Waals surface area (Å²) in [5.41, 5.74) is 7.59. The maximum atomic E-state index is 11.5. The summed E-state index contributed by atoms with van der Waals surface area (Å²) in [6, 6.07) is 5.17. The average molecular weight is 305 g/mol. The van der Waals surface area contributed by atoms with Gasteiger partial charge in [-0.1, -0.05) is 13.8 Å². The lowest BCUT2D eigenvalue weighted by molar-refractivity contribution is 0.196. The summed E-state index contributed by atoms with van der Waals surface area (Å²) >= 11 is 0. The van der Waals surface area contributed by atoms with Crippen molar-refractivity contribution in [2.75, 3.05) is 32.0 Å². The van der Waals surface area contributed by atoms with E-state index in [1.165, 1.54) is 4.57 Å². The molecule has 1 aromatic heterocycles. The molecule has 6 nitrogen and oxygen atoms in total. The first-order valence-electron chi connectivity index (χ1n) is 7.48. The molecule has 0 aliphatic rings. The van der Waals surface area contributed by atoms with E-state index in [1.807, 2.05) is 0 Å². The Morgan fingerprint density at radius 3 is 2.64 bits per heavy atom. The van der Waals surface area contributed by atoms with Crippen molar-refractivity contribution in [1.29, 1.82) is 0 Å². The number of aromatic nitrogens is 1. The number of carboxylic acid groups (broad SMARTS) is 1. The largest absolute Gasteiger partial charge is 0.490 e. The number of hydrogen-bond donors (Lipinski definition) is 2. The lowest BCUT2D eigenvalue weighted by Crippen LogP contribution is -2.28. The van der Waals surface area contributed by atoms with Crippen molar-refractivity contribution in [2.24, 2.45) is 0 Å². The minimum absolute atomic E-state index is 0.510. The predicted octanol–water partition coefficient (Wildman–Crippen LogP) is 2.78. The van der Waals surface area contributed by atoms with Crippen LogP contribution in [0.25, 0.3) is 10.9 Å². The Kier molecular flexibility index (Phi) is 4.92. The van der Waals surface area contributed by atoms with Crippen LogP contribution < -0.4 is 10.5 Å². The summed E-state index contributed by atoms with van der Waals surface area (Å²) in [7, 11) is 0. The van der Waals surface area contributed by atoms with E-state index < -0.39 is 6.09 Å². The fourth-order valence-electron chi connectivity index (χ4n) is 2.65. The summed E-state index contributed by atoms with van der Waals surface area (Å²) in [5.74, 6) is 0.594. The molecule has 0 saturated carbocycles. The van der Waals surface area contributed by atoms with Gasteiger partial charge in [-0.15, -0.1) is 0 Å². The Labute approximate surface area is 130 Å². The van der Waals surface area contributed by atoms with Crippen LogP contribution in [-0.2, 0) is 0 Å². The second kappa shape index (κ2) is 6.70. The maximum absolute atomic E-state index is 11.5. The van der Waals surface area contributed by atoms with E-state index in [-0.39, 0.29) is 0 Å². The van der Waals surface area contributed by atoms with Crippen molar-refractivity contribution in [3.05, 3.63) is 23.9 Å². The van der Waals surface area contributed by atoms with Crippen LogP contribution in [0.4, 0.5) is 10.5 Å². The number of nitrogen functional groups attached to an aromatic ring is 1. The van der Waals surface area contributed by atoms with E-state index in [0.717, 1.165) is 25.0 Å². The van der Waals surface area contributed by atoms with Crippen LogP contribution in [0.2, 0.25) is 0 Å². The highest BCUT2D eigenvalue weighted by molar-refractivity contribution is 5.96. The molecule has 0 atom stereocenters. The molecule has 120 valence electrons. The van der Waals surface area contributed by atoms with E-state index in [4.69, 9.17) is 10.5 Å². The molecule has 1 aromatic carbocycles. The van der Waals surface area contributed by atoms with Crippen molar-refractivity contribution >= 4 is 22.7 Å². The Bertz CT molecular complexity index is 675.